The highest BCUT2D eigenvalue weighted by atomic mass is 28.4. The maximum atomic E-state index is 13.4. The van der Waals surface area contributed by atoms with E-state index in [0.717, 1.165) is 45.1 Å². The first-order valence-electron chi connectivity index (χ1n) is 11.1. The summed E-state index contributed by atoms with van der Waals surface area (Å²) in [5.41, 5.74) is -0.116. The normalized spacial score (nSPS) is 33.9. The number of nitrogens with zero attached hydrogens (tertiary/aromatic N) is 1. The van der Waals surface area contributed by atoms with Crippen LogP contribution in [0, 0.1) is 11.8 Å². The number of piperidine rings is 2. The van der Waals surface area contributed by atoms with Crippen LogP contribution in [0.25, 0.3) is 0 Å². The van der Waals surface area contributed by atoms with Crippen molar-refractivity contribution in [1.29, 1.82) is 0 Å². The summed E-state index contributed by atoms with van der Waals surface area (Å²) in [7, 11) is -0.440. The molecule has 0 bridgehead atoms. The predicted octanol–water partition coefficient (Wildman–Crippen LogP) is 4.51. The van der Waals surface area contributed by atoms with Gasteiger partial charge < -0.3 is 14.1 Å². The van der Waals surface area contributed by atoms with E-state index < -0.39 is 14.2 Å². The van der Waals surface area contributed by atoms with Gasteiger partial charge in [-0.25, -0.2) is 0 Å². The molecule has 28 heavy (non-hydrogen) atoms. The molecule has 0 aromatic carbocycles. The van der Waals surface area contributed by atoms with Crippen LogP contribution >= 0.6 is 0 Å². The third-order valence-electron chi connectivity index (χ3n) is 8.18. The minimum absolute atomic E-state index is 0.0158. The number of amides is 1. The van der Waals surface area contributed by atoms with E-state index in [1.165, 1.54) is 13.5 Å². The Bertz CT molecular complexity index is 614. The molecular formula is C22H39NO4Si. The average molecular weight is 410 g/mol. The molecule has 2 unspecified atom stereocenters. The van der Waals surface area contributed by atoms with Gasteiger partial charge in [0.1, 0.15) is 5.92 Å². The van der Waals surface area contributed by atoms with Crippen LogP contribution in [0.5, 0.6) is 0 Å². The van der Waals surface area contributed by atoms with E-state index in [9.17, 15) is 9.59 Å². The number of esters is 1. The summed E-state index contributed by atoms with van der Waals surface area (Å²) in [5, 5.41) is 0.185. The largest absolute Gasteiger partial charge is 0.468 e. The Balaban J connectivity index is 1.83. The molecule has 2 heterocycles. The van der Waals surface area contributed by atoms with E-state index in [1.54, 1.807) is 0 Å². The number of hydrogen-bond donors (Lipinski definition) is 0. The first-order chi connectivity index (χ1) is 13.0. The zero-order valence-corrected chi connectivity index (χ0v) is 19.7. The number of methoxy groups -OCH3 is 1. The highest BCUT2D eigenvalue weighted by Crippen LogP contribution is 2.51. The summed E-state index contributed by atoms with van der Waals surface area (Å²) in [6.45, 7) is 12.2. The summed E-state index contributed by atoms with van der Waals surface area (Å²) in [5.74, 6) is -0.582. The van der Waals surface area contributed by atoms with E-state index in [2.05, 4.69) is 38.8 Å². The summed E-state index contributed by atoms with van der Waals surface area (Å²) in [6.07, 6.45) is 8.16. The van der Waals surface area contributed by atoms with Gasteiger partial charge in [0.15, 0.2) is 8.32 Å². The van der Waals surface area contributed by atoms with Crippen molar-refractivity contribution in [1.82, 2.24) is 4.90 Å². The molecule has 1 spiro atoms. The third-order valence-corrected chi connectivity index (χ3v) is 12.7. The van der Waals surface area contributed by atoms with Crippen LogP contribution in [0.4, 0.5) is 0 Å². The van der Waals surface area contributed by atoms with Crippen LogP contribution in [0.2, 0.25) is 18.1 Å². The van der Waals surface area contributed by atoms with E-state index in [0.29, 0.717) is 12.3 Å². The highest BCUT2D eigenvalue weighted by Gasteiger charge is 2.56. The first-order valence-corrected chi connectivity index (χ1v) is 14.0. The van der Waals surface area contributed by atoms with Crippen LogP contribution in [0.3, 0.4) is 0 Å². The zero-order chi connectivity index (χ0) is 20.7. The Labute approximate surface area is 171 Å². The predicted molar refractivity (Wildman–Crippen MR) is 112 cm³/mol. The third kappa shape index (κ3) is 3.67. The smallest absolute Gasteiger partial charge is 0.318 e. The average Bonchev–Trinajstić information content (AvgIpc) is 3.01. The van der Waals surface area contributed by atoms with E-state index in [-0.39, 0.29) is 28.5 Å². The molecular weight excluding hydrogens is 370 g/mol. The maximum Gasteiger partial charge on any atom is 0.318 e. The molecule has 4 atom stereocenters. The van der Waals surface area contributed by atoms with Crippen LogP contribution in [0.15, 0.2) is 0 Å². The standard InChI is InChI=1S/C22H39NO4Si/c1-21(2,3)28(5,6)27-15-16-9-7-13-22(16)14-8-10-17-11-12-18(20(25)26-4)19(24)23(17)22/h16-18H,7-15H2,1-6H3/t16-,17-,18?,22?/m1/s1. The Morgan fingerprint density at radius 1 is 1.14 bits per heavy atom. The number of carbonyl (C=O) groups is 2. The number of hydrogen-bond acceptors (Lipinski definition) is 4. The first kappa shape index (κ1) is 21.8. The summed E-state index contributed by atoms with van der Waals surface area (Å²) < 4.78 is 11.6. The molecule has 160 valence electrons. The molecule has 1 amide bonds. The van der Waals surface area contributed by atoms with E-state index in [1.807, 2.05) is 0 Å². The van der Waals surface area contributed by atoms with Gasteiger partial charge in [-0.3, -0.25) is 9.59 Å². The van der Waals surface area contributed by atoms with Crippen LogP contribution in [-0.2, 0) is 18.8 Å². The van der Waals surface area contributed by atoms with Crippen LogP contribution < -0.4 is 0 Å². The van der Waals surface area contributed by atoms with Crippen LogP contribution in [-0.4, -0.2) is 50.4 Å². The molecule has 2 aliphatic heterocycles. The molecule has 3 aliphatic rings. The van der Waals surface area contributed by atoms with Gasteiger partial charge in [0, 0.05) is 24.1 Å². The Hall–Kier alpha value is -0.883. The van der Waals surface area contributed by atoms with Crippen molar-refractivity contribution in [2.24, 2.45) is 11.8 Å². The van der Waals surface area contributed by atoms with Gasteiger partial charge in [0.25, 0.3) is 0 Å². The van der Waals surface area contributed by atoms with Gasteiger partial charge in [-0.2, -0.15) is 0 Å². The number of rotatable bonds is 4. The number of ether oxygens (including phenoxy) is 1. The lowest BCUT2D eigenvalue weighted by atomic mass is 9.72. The molecule has 0 aromatic heterocycles. The van der Waals surface area contributed by atoms with Gasteiger partial charge in [0.2, 0.25) is 5.91 Å². The molecule has 3 rings (SSSR count). The quantitative estimate of drug-likeness (QED) is 0.389. The lowest BCUT2D eigenvalue weighted by molar-refractivity contribution is -0.168. The fraction of sp³-hybridized carbons (Fsp3) is 0.909. The zero-order valence-electron chi connectivity index (χ0n) is 18.7. The van der Waals surface area contributed by atoms with Crippen LogP contribution in [0.1, 0.15) is 72.1 Å². The molecule has 1 aliphatic carbocycles. The second-order valence-corrected chi connectivity index (χ2v) is 15.5. The second-order valence-electron chi connectivity index (χ2n) is 10.7. The van der Waals surface area contributed by atoms with Crippen molar-refractivity contribution >= 4 is 20.2 Å². The Morgan fingerprint density at radius 3 is 2.39 bits per heavy atom. The minimum Gasteiger partial charge on any atom is -0.468 e. The van der Waals surface area contributed by atoms with Crippen molar-refractivity contribution in [3.8, 4) is 0 Å². The molecule has 0 aromatic rings. The van der Waals surface area contributed by atoms with Gasteiger partial charge >= 0.3 is 5.97 Å². The van der Waals surface area contributed by atoms with Gasteiger partial charge in [-0.15, -0.1) is 0 Å². The second kappa shape index (κ2) is 7.75. The topological polar surface area (TPSA) is 55.8 Å². The summed E-state index contributed by atoms with van der Waals surface area (Å²) in [6, 6.07) is 0.288. The van der Waals surface area contributed by atoms with Crippen molar-refractivity contribution in [3.05, 3.63) is 0 Å². The molecule has 0 N–H and O–H groups in total. The summed E-state index contributed by atoms with van der Waals surface area (Å²) >= 11 is 0. The highest BCUT2D eigenvalue weighted by molar-refractivity contribution is 6.74. The fourth-order valence-electron chi connectivity index (χ4n) is 5.48. The van der Waals surface area contributed by atoms with E-state index >= 15 is 0 Å². The minimum atomic E-state index is -1.83. The lowest BCUT2D eigenvalue weighted by Crippen LogP contribution is -2.65. The molecule has 2 saturated heterocycles. The maximum absolute atomic E-state index is 13.4. The fourth-order valence-corrected chi connectivity index (χ4v) is 6.53. The van der Waals surface area contributed by atoms with Crippen molar-refractivity contribution in [2.45, 2.75) is 102 Å². The number of carbonyl (C=O) groups excluding carboxylic acids is 2. The molecule has 0 radical (unpaired) electrons. The summed E-state index contributed by atoms with van der Waals surface area (Å²) in [4.78, 5) is 27.8. The van der Waals surface area contributed by atoms with Gasteiger partial charge in [-0.1, -0.05) is 27.2 Å². The monoisotopic (exact) mass is 409 g/mol. The van der Waals surface area contributed by atoms with Gasteiger partial charge in [-0.05, 0) is 63.1 Å². The van der Waals surface area contributed by atoms with Crippen molar-refractivity contribution in [2.75, 3.05) is 13.7 Å². The SMILES string of the molecule is COC(=O)C1CC[C@H]2CCCC3(CCC[C@@H]3CO[Si](C)(C)C(C)(C)C)N2C1=O. The van der Waals surface area contributed by atoms with E-state index in [4.69, 9.17) is 9.16 Å². The van der Waals surface area contributed by atoms with Crippen molar-refractivity contribution in [3.63, 3.8) is 0 Å². The molecule has 6 heteroatoms. The molecule has 5 nitrogen and oxygen atoms in total. The van der Waals surface area contributed by atoms with Crippen molar-refractivity contribution < 1.29 is 18.8 Å². The Morgan fingerprint density at radius 2 is 1.79 bits per heavy atom. The lowest BCUT2D eigenvalue weighted by Gasteiger charge is -2.56. The Kier molecular flexibility index (Phi) is 6.04. The number of fused-ring (bicyclic) bond motifs is 2. The molecule has 1 saturated carbocycles. The van der Waals surface area contributed by atoms with Gasteiger partial charge in [0.05, 0.1) is 7.11 Å². The molecule has 3 fully saturated rings.